The van der Waals surface area contributed by atoms with Gasteiger partial charge in [0.05, 0.1) is 34.4 Å². The van der Waals surface area contributed by atoms with E-state index >= 15 is 0 Å². The highest BCUT2D eigenvalue weighted by atomic mass is 35.5. The molecule has 1 fully saturated rings. The number of imidazole rings is 1. The number of halogens is 2. The second-order valence-electron chi connectivity index (χ2n) is 8.16. The Morgan fingerprint density at radius 2 is 1.97 bits per heavy atom. The third-order valence-electron chi connectivity index (χ3n) is 6.10. The molecule has 8 nitrogen and oxygen atoms in total. The van der Waals surface area contributed by atoms with E-state index < -0.39 is 5.91 Å². The maximum absolute atomic E-state index is 12.5. The van der Waals surface area contributed by atoms with Crippen molar-refractivity contribution in [2.75, 3.05) is 13.2 Å². The van der Waals surface area contributed by atoms with Gasteiger partial charge in [0.25, 0.3) is 5.91 Å². The average molecular weight is 493 g/mol. The van der Waals surface area contributed by atoms with Crippen LogP contribution in [-0.4, -0.2) is 43.3 Å². The van der Waals surface area contributed by atoms with E-state index in [0.717, 1.165) is 35.1 Å². The summed E-state index contributed by atoms with van der Waals surface area (Å²) in [5.41, 5.74) is 9.82. The summed E-state index contributed by atoms with van der Waals surface area (Å²) in [6, 6.07) is 9.17. The fourth-order valence-corrected chi connectivity index (χ4v) is 4.99. The third kappa shape index (κ3) is 3.34. The number of amides is 1. The lowest BCUT2D eigenvalue weighted by atomic mass is 10.1. The van der Waals surface area contributed by atoms with Crippen LogP contribution in [0.2, 0.25) is 10.0 Å². The number of aromatic nitrogens is 5. The number of carbonyl (C=O) groups excluding carboxylic acids is 1. The molecule has 0 bridgehead atoms. The number of pyridine rings is 2. The number of fused-ring (bicyclic) bond motifs is 3. The number of nitrogens with zero attached hydrogens (tertiary/aromatic N) is 5. The van der Waals surface area contributed by atoms with E-state index in [1.165, 1.54) is 0 Å². The van der Waals surface area contributed by atoms with Crippen molar-refractivity contribution in [1.82, 2.24) is 24.1 Å². The lowest BCUT2D eigenvalue weighted by molar-refractivity contribution is 0.0995. The van der Waals surface area contributed by atoms with Crippen molar-refractivity contribution >= 4 is 45.7 Å². The molecule has 1 aliphatic rings. The molecule has 0 spiro atoms. The third-order valence-corrected chi connectivity index (χ3v) is 6.73. The molecule has 4 aromatic heterocycles. The molecule has 1 atom stereocenters. The molecule has 1 saturated heterocycles. The number of rotatable bonds is 4. The first-order chi connectivity index (χ1) is 16.5. The zero-order valence-corrected chi connectivity index (χ0v) is 19.3. The first-order valence-electron chi connectivity index (χ1n) is 10.7. The predicted molar refractivity (Wildman–Crippen MR) is 130 cm³/mol. The normalized spacial score (nSPS) is 16.0. The Kier molecular flexibility index (Phi) is 5.02. The molecule has 1 aromatic carbocycles. The van der Waals surface area contributed by atoms with Crippen LogP contribution in [0.4, 0.5) is 0 Å². The van der Waals surface area contributed by atoms with Crippen molar-refractivity contribution in [2.24, 2.45) is 5.73 Å². The minimum atomic E-state index is -0.637. The van der Waals surface area contributed by atoms with Gasteiger partial charge in [0.1, 0.15) is 17.0 Å². The topological polar surface area (TPSA) is 100 Å². The average Bonchev–Trinajstić information content (AvgIpc) is 3.57. The van der Waals surface area contributed by atoms with Gasteiger partial charge in [-0.25, -0.2) is 4.98 Å². The highest BCUT2D eigenvalue weighted by Gasteiger charge is 2.24. The van der Waals surface area contributed by atoms with Crippen molar-refractivity contribution in [2.45, 2.75) is 12.5 Å². The number of primary amides is 1. The van der Waals surface area contributed by atoms with Crippen LogP contribution in [-0.2, 0) is 4.74 Å². The van der Waals surface area contributed by atoms with Crippen LogP contribution in [0, 0.1) is 0 Å². The van der Waals surface area contributed by atoms with Crippen LogP contribution in [0.25, 0.3) is 38.9 Å². The van der Waals surface area contributed by atoms with E-state index in [1.807, 2.05) is 29.2 Å². The SMILES string of the molecule is NC(=O)c1c(-c2c(Cl)cccc2Cl)nc2c3cc(-c4cnn(C5CCOC5)c4)cnc3ccn12. The molecule has 1 amide bonds. The zero-order valence-electron chi connectivity index (χ0n) is 17.8. The molecule has 6 rings (SSSR count). The first-order valence-corrected chi connectivity index (χ1v) is 11.4. The Labute approximate surface area is 203 Å². The summed E-state index contributed by atoms with van der Waals surface area (Å²) >= 11 is 12.9. The Hall–Kier alpha value is -3.46. The van der Waals surface area contributed by atoms with Crippen LogP contribution in [0.5, 0.6) is 0 Å². The number of hydrogen-bond donors (Lipinski definition) is 1. The van der Waals surface area contributed by atoms with E-state index in [-0.39, 0.29) is 11.7 Å². The number of carbonyl (C=O) groups is 1. The number of ether oxygens (including phenoxy) is 1. The van der Waals surface area contributed by atoms with Crippen LogP contribution in [0.1, 0.15) is 23.0 Å². The van der Waals surface area contributed by atoms with Gasteiger partial charge in [0, 0.05) is 47.3 Å². The maximum atomic E-state index is 12.5. The minimum Gasteiger partial charge on any atom is -0.379 e. The first kappa shape index (κ1) is 21.1. The molecule has 0 saturated carbocycles. The van der Waals surface area contributed by atoms with E-state index in [1.54, 1.807) is 35.0 Å². The number of nitrogens with two attached hydrogens (primary N) is 1. The Morgan fingerprint density at radius 3 is 2.71 bits per heavy atom. The van der Waals surface area contributed by atoms with Gasteiger partial charge in [-0.3, -0.25) is 18.9 Å². The van der Waals surface area contributed by atoms with Gasteiger partial charge in [0.15, 0.2) is 0 Å². The molecule has 1 unspecified atom stereocenters. The fourth-order valence-electron chi connectivity index (χ4n) is 4.41. The van der Waals surface area contributed by atoms with Crippen LogP contribution >= 0.6 is 23.2 Å². The van der Waals surface area contributed by atoms with Crippen LogP contribution in [0.15, 0.2) is 55.1 Å². The summed E-state index contributed by atoms with van der Waals surface area (Å²) in [5.74, 6) is -0.637. The highest BCUT2D eigenvalue weighted by molar-refractivity contribution is 6.39. The van der Waals surface area contributed by atoms with Gasteiger partial charge in [-0.1, -0.05) is 29.3 Å². The monoisotopic (exact) mass is 492 g/mol. The van der Waals surface area contributed by atoms with E-state index in [4.69, 9.17) is 38.7 Å². The van der Waals surface area contributed by atoms with Crippen molar-refractivity contribution in [3.8, 4) is 22.4 Å². The van der Waals surface area contributed by atoms with Gasteiger partial charge >= 0.3 is 0 Å². The lowest BCUT2D eigenvalue weighted by Crippen LogP contribution is -2.15. The summed E-state index contributed by atoms with van der Waals surface area (Å²) in [7, 11) is 0. The summed E-state index contributed by atoms with van der Waals surface area (Å²) in [4.78, 5) is 21.9. The van der Waals surface area contributed by atoms with E-state index in [2.05, 4.69) is 10.1 Å². The molecule has 10 heteroatoms. The van der Waals surface area contributed by atoms with Gasteiger partial charge in [-0.2, -0.15) is 5.10 Å². The molecule has 2 N–H and O–H groups in total. The molecule has 5 aromatic rings. The van der Waals surface area contributed by atoms with Crippen LogP contribution < -0.4 is 5.73 Å². The second-order valence-corrected chi connectivity index (χ2v) is 8.98. The van der Waals surface area contributed by atoms with Crippen molar-refractivity contribution in [3.63, 3.8) is 0 Å². The lowest BCUT2D eigenvalue weighted by Gasteiger charge is -2.07. The number of hydrogen-bond acceptors (Lipinski definition) is 5. The molecule has 5 heterocycles. The number of benzene rings is 1. The molecule has 1 aliphatic heterocycles. The fraction of sp³-hybridized carbons (Fsp3) is 0.167. The van der Waals surface area contributed by atoms with Crippen molar-refractivity contribution in [1.29, 1.82) is 0 Å². The summed E-state index contributed by atoms with van der Waals surface area (Å²) in [6.45, 7) is 1.41. The van der Waals surface area contributed by atoms with Gasteiger partial charge < -0.3 is 10.5 Å². The summed E-state index contributed by atoms with van der Waals surface area (Å²) in [5, 5.41) is 6.03. The molecule has 0 aliphatic carbocycles. The standard InChI is InChI=1S/C24H18Cl2N6O2/c25-17-2-1-3-18(26)20(17)21-22(23(27)33)31-6-4-19-16(24(31)30-21)8-13(9-28-19)14-10-29-32(11-14)15-5-7-34-12-15/h1-4,6,8-11,15H,5,7,12H2,(H2,27,33). The Morgan fingerprint density at radius 1 is 1.15 bits per heavy atom. The second kappa shape index (κ2) is 8.09. The van der Waals surface area contributed by atoms with Crippen LogP contribution in [0.3, 0.4) is 0 Å². The zero-order chi connectivity index (χ0) is 23.4. The maximum Gasteiger partial charge on any atom is 0.268 e. The van der Waals surface area contributed by atoms with Crippen molar-refractivity contribution < 1.29 is 9.53 Å². The molecular formula is C24H18Cl2N6O2. The Bertz CT molecular complexity index is 1570. The summed E-state index contributed by atoms with van der Waals surface area (Å²) < 4.78 is 9.07. The molecular weight excluding hydrogens is 475 g/mol. The van der Waals surface area contributed by atoms with Gasteiger partial charge in [0.2, 0.25) is 0 Å². The predicted octanol–water partition coefficient (Wildman–Crippen LogP) is 4.78. The van der Waals surface area contributed by atoms with Gasteiger partial charge in [-0.05, 0) is 30.7 Å². The van der Waals surface area contributed by atoms with Gasteiger partial charge in [-0.15, -0.1) is 0 Å². The minimum absolute atomic E-state index is 0.200. The molecule has 0 radical (unpaired) electrons. The molecule has 34 heavy (non-hydrogen) atoms. The van der Waals surface area contributed by atoms with E-state index in [0.29, 0.717) is 33.6 Å². The highest BCUT2D eigenvalue weighted by Crippen LogP contribution is 2.37. The van der Waals surface area contributed by atoms with E-state index in [9.17, 15) is 4.79 Å². The largest absolute Gasteiger partial charge is 0.379 e. The molecule has 170 valence electrons. The summed E-state index contributed by atoms with van der Waals surface area (Å²) in [6.07, 6.45) is 8.28. The smallest absolute Gasteiger partial charge is 0.268 e. The van der Waals surface area contributed by atoms with Crippen molar-refractivity contribution in [3.05, 3.63) is 70.9 Å². The Balaban J connectivity index is 1.55. The quantitative estimate of drug-likeness (QED) is 0.389.